The number of aliphatic carboxylic acids is 1. The number of carbonyl (C=O) groups excluding carboxylic acids is 3. The fourth-order valence-corrected chi connectivity index (χ4v) is 6.78. The highest BCUT2D eigenvalue weighted by atomic mass is 35.5. The Labute approximate surface area is 321 Å². The van der Waals surface area contributed by atoms with Gasteiger partial charge in [-0.05, 0) is 78.4 Å². The van der Waals surface area contributed by atoms with Crippen molar-refractivity contribution in [1.82, 2.24) is 20.1 Å². The number of piperidine rings is 1. The third-order valence-electron chi connectivity index (χ3n) is 9.40. The molecule has 6 rings (SSSR count). The molecule has 1 aromatic heterocycles. The molecule has 0 aliphatic carbocycles. The van der Waals surface area contributed by atoms with Gasteiger partial charge >= 0.3 is 12.1 Å². The van der Waals surface area contributed by atoms with Crippen LogP contribution in [0.2, 0.25) is 5.02 Å². The minimum absolute atomic E-state index is 0.0113. The molecule has 0 saturated carbocycles. The number of hydrogen-bond donors (Lipinski definition) is 4. The molecule has 55 heavy (non-hydrogen) atoms. The number of fused-ring (bicyclic) bond motifs is 1. The topological polar surface area (TPSA) is 149 Å². The van der Waals surface area contributed by atoms with E-state index >= 15 is 0 Å². The summed E-state index contributed by atoms with van der Waals surface area (Å²) < 4.78 is 31.7. The summed E-state index contributed by atoms with van der Waals surface area (Å²) in [5, 5.41) is 11.6. The highest BCUT2D eigenvalue weighted by Crippen LogP contribution is 2.33. The summed E-state index contributed by atoms with van der Waals surface area (Å²) in [5.41, 5.74) is 11.2. The Morgan fingerprint density at radius 2 is 1.60 bits per heavy atom. The Kier molecular flexibility index (Phi) is 13.3. The first-order chi connectivity index (χ1) is 26.3. The lowest BCUT2D eigenvalue weighted by atomic mass is 9.93. The number of alkyl halides is 3. The number of nitrogens with zero attached hydrogens (tertiary/aromatic N) is 2. The van der Waals surface area contributed by atoms with Crippen LogP contribution in [-0.4, -0.2) is 82.0 Å². The van der Waals surface area contributed by atoms with Gasteiger partial charge in [0.05, 0.1) is 12.5 Å². The van der Waals surface area contributed by atoms with Gasteiger partial charge in [0.1, 0.15) is 5.69 Å². The number of halogens is 4. The van der Waals surface area contributed by atoms with Gasteiger partial charge < -0.3 is 30.9 Å². The lowest BCUT2D eigenvalue weighted by Crippen LogP contribution is -2.50. The van der Waals surface area contributed by atoms with Gasteiger partial charge in [0.15, 0.2) is 0 Å². The first-order valence-electron chi connectivity index (χ1n) is 17.7. The molecule has 1 aliphatic rings. The Bertz CT molecular complexity index is 2100. The van der Waals surface area contributed by atoms with Gasteiger partial charge in [0.25, 0.3) is 11.8 Å². The van der Waals surface area contributed by atoms with Crippen molar-refractivity contribution in [3.8, 4) is 11.1 Å². The highest BCUT2D eigenvalue weighted by molar-refractivity contribution is 6.30. The molecule has 0 radical (unpaired) electrons. The van der Waals surface area contributed by atoms with Crippen LogP contribution in [0, 0.1) is 0 Å². The molecule has 288 valence electrons. The van der Waals surface area contributed by atoms with E-state index in [1.54, 1.807) is 12.1 Å². The summed E-state index contributed by atoms with van der Waals surface area (Å²) in [7, 11) is 0. The van der Waals surface area contributed by atoms with Crippen molar-refractivity contribution in [3.05, 3.63) is 131 Å². The van der Waals surface area contributed by atoms with Crippen LogP contribution in [0.5, 0.6) is 0 Å². The van der Waals surface area contributed by atoms with E-state index in [0.29, 0.717) is 55.3 Å². The molecule has 0 spiro atoms. The zero-order valence-electron chi connectivity index (χ0n) is 30.0. The molecule has 1 unspecified atom stereocenters. The van der Waals surface area contributed by atoms with Gasteiger partial charge in [-0.15, -0.1) is 0 Å². The number of nitrogens with two attached hydrogens (primary N) is 1. The number of carbonyl (C=O) groups is 4. The van der Waals surface area contributed by atoms with E-state index in [1.165, 1.54) is 0 Å². The van der Waals surface area contributed by atoms with Crippen molar-refractivity contribution < 1.29 is 37.5 Å². The third kappa shape index (κ3) is 10.3. The normalized spacial score (nSPS) is 13.7. The van der Waals surface area contributed by atoms with Crippen LogP contribution in [0.4, 0.5) is 13.2 Å². The molecule has 10 nitrogen and oxygen atoms in total. The summed E-state index contributed by atoms with van der Waals surface area (Å²) in [4.78, 5) is 56.7. The van der Waals surface area contributed by atoms with Gasteiger partial charge in [-0.3, -0.25) is 14.4 Å². The number of likely N-dealkylation sites (tertiary alicyclic amines) is 1. The van der Waals surface area contributed by atoms with E-state index in [-0.39, 0.29) is 36.2 Å². The largest absolute Gasteiger partial charge is 0.490 e. The van der Waals surface area contributed by atoms with Gasteiger partial charge in [0, 0.05) is 53.7 Å². The maximum atomic E-state index is 14.2. The van der Waals surface area contributed by atoms with Gasteiger partial charge in [0.2, 0.25) is 5.91 Å². The number of amides is 3. The Morgan fingerprint density at radius 3 is 2.25 bits per heavy atom. The van der Waals surface area contributed by atoms with Crippen LogP contribution in [0.15, 0.2) is 103 Å². The first-order valence-corrected chi connectivity index (χ1v) is 18.0. The molecule has 2 heterocycles. The molecule has 5 N–H and O–H groups in total. The molecule has 1 aliphatic heterocycles. The quantitative estimate of drug-likeness (QED) is 0.118. The van der Waals surface area contributed by atoms with Gasteiger partial charge in [-0.25, -0.2) is 4.79 Å². The van der Waals surface area contributed by atoms with Crippen molar-refractivity contribution in [2.45, 2.75) is 44.4 Å². The fourth-order valence-electron chi connectivity index (χ4n) is 6.65. The van der Waals surface area contributed by atoms with E-state index in [9.17, 15) is 27.6 Å². The maximum absolute atomic E-state index is 14.2. The average molecular weight is 776 g/mol. The fraction of sp³-hybridized carbons (Fsp3) is 0.268. The van der Waals surface area contributed by atoms with Crippen molar-refractivity contribution >= 4 is 46.2 Å². The molecular formula is C41H41ClF3N5O5. The number of rotatable bonds is 10. The average Bonchev–Trinajstić information content (AvgIpc) is 3.62. The number of benzene rings is 4. The van der Waals surface area contributed by atoms with Crippen molar-refractivity contribution in [3.63, 3.8) is 0 Å². The van der Waals surface area contributed by atoms with E-state index in [2.05, 4.69) is 23.3 Å². The summed E-state index contributed by atoms with van der Waals surface area (Å²) in [6.07, 6.45) is -3.53. The molecule has 0 bridgehead atoms. The van der Waals surface area contributed by atoms with Crippen molar-refractivity contribution in [1.29, 1.82) is 0 Å². The molecule has 14 heteroatoms. The number of para-hydroxylation sites is 1. The molecule has 1 fully saturated rings. The number of carboxylic acid groups (broad SMARTS) is 1. The summed E-state index contributed by atoms with van der Waals surface area (Å²) in [6, 6.07) is 32.4. The second-order valence-electron chi connectivity index (χ2n) is 13.1. The van der Waals surface area contributed by atoms with E-state index in [1.807, 2.05) is 94.7 Å². The second kappa shape index (κ2) is 18.1. The van der Waals surface area contributed by atoms with Gasteiger partial charge in [-0.2, -0.15) is 13.2 Å². The van der Waals surface area contributed by atoms with Crippen molar-refractivity contribution in [2.75, 3.05) is 26.2 Å². The number of H-pyrrole nitrogens is 1. The van der Waals surface area contributed by atoms with Crippen molar-refractivity contribution in [2.24, 2.45) is 5.73 Å². The predicted molar refractivity (Wildman–Crippen MR) is 205 cm³/mol. The molecule has 5 aromatic rings. The standard InChI is InChI=1S/C39H40ClN5O3.C2HF3O2/c1-26(28-8-6-9-29(24-28)33-10-3-4-11-34(33)38(47)42-20-19-41)45(37(46)23-27-13-15-31(40)16-14-27)32-17-21-44(22-18-32)39(48)36-25-30-7-2-5-12-35(30)43-36;3-2(4,5)1(6)7/h2-16,24-26,32,43H,17-23,41H2,1H3,(H,42,47);(H,6,7). The Hall–Kier alpha value is -5.66. The van der Waals surface area contributed by atoms with Crippen LogP contribution < -0.4 is 11.1 Å². The number of aromatic nitrogens is 1. The lowest BCUT2D eigenvalue weighted by molar-refractivity contribution is -0.192. The second-order valence-corrected chi connectivity index (χ2v) is 13.5. The van der Waals surface area contributed by atoms with Crippen LogP contribution >= 0.6 is 11.6 Å². The number of aromatic amines is 1. The summed E-state index contributed by atoms with van der Waals surface area (Å²) in [6.45, 7) is 3.89. The molecule has 3 amide bonds. The van der Waals surface area contributed by atoms with Crippen LogP contribution in [0.1, 0.15) is 57.8 Å². The summed E-state index contributed by atoms with van der Waals surface area (Å²) in [5.74, 6) is -2.95. The smallest absolute Gasteiger partial charge is 0.475 e. The van der Waals surface area contributed by atoms with E-state index in [0.717, 1.165) is 33.2 Å². The third-order valence-corrected chi connectivity index (χ3v) is 9.66. The summed E-state index contributed by atoms with van der Waals surface area (Å²) >= 11 is 6.13. The first kappa shape index (κ1) is 40.5. The number of nitrogens with one attached hydrogen (secondary N) is 2. The van der Waals surface area contributed by atoms with E-state index in [4.69, 9.17) is 27.2 Å². The van der Waals surface area contributed by atoms with Gasteiger partial charge in [-0.1, -0.05) is 78.3 Å². The van der Waals surface area contributed by atoms with E-state index < -0.39 is 12.1 Å². The number of hydrogen-bond acceptors (Lipinski definition) is 5. The Balaban J connectivity index is 0.000000757. The molecule has 1 atom stereocenters. The monoisotopic (exact) mass is 775 g/mol. The molecule has 4 aromatic carbocycles. The maximum Gasteiger partial charge on any atom is 0.490 e. The zero-order chi connectivity index (χ0) is 39.7. The minimum Gasteiger partial charge on any atom is -0.475 e. The molecular weight excluding hydrogens is 735 g/mol. The zero-order valence-corrected chi connectivity index (χ0v) is 30.7. The minimum atomic E-state index is -5.08. The highest BCUT2D eigenvalue weighted by Gasteiger charge is 2.38. The van der Waals surface area contributed by atoms with Crippen LogP contribution in [0.25, 0.3) is 22.0 Å². The SMILES string of the molecule is CC(c1cccc(-c2ccccc2C(=O)NCCN)c1)N(C(=O)Cc1ccc(Cl)cc1)C1CCN(C(=O)c2cc3ccccc3[nH]2)CC1.O=C(O)C(F)(F)F. The molecule has 1 saturated heterocycles. The lowest BCUT2D eigenvalue weighted by Gasteiger charge is -2.42. The Morgan fingerprint density at radius 1 is 0.945 bits per heavy atom. The van der Waals surface area contributed by atoms with Crippen LogP contribution in [-0.2, 0) is 16.0 Å². The predicted octanol–water partition coefficient (Wildman–Crippen LogP) is 7.25. The van der Waals surface area contributed by atoms with Crippen LogP contribution in [0.3, 0.4) is 0 Å². The number of carboxylic acids is 1.